The quantitative estimate of drug-likeness (QED) is 0.397. The SMILES string of the molecule is CN(C)CCN(Cc1ccccc1)C(=O)[C@@H](C(=O)c1ccccc1)n1ccccc1=O. The second-order valence-corrected chi connectivity index (χ2v) is 7.63. The van der Waals surface area contributed by atoms with Crippen molar-refractivity contribution in [2.75, 3.05) is 27.2 Å². The number of benzene rings is 2. The van der Waals surface area contributed by atoms with E-state index in [9.17, 15) is 14.4 Å². The molecule has 0 N–H and O–H groups in total. The number of Topliss-reactive ketones (excluding diaryl/α,β-unsaturated/α-hetero) is 1. The maximum absolute atomic E-state index is 13.8. The van der Waals surface area contributed by atoms with Crippen LogP contribution in [0.3, 0.4) is 0 Å². The lowest BCUT2D eigenvalue weighted by atomic mass is 10.0. The first-order valence-electron chi connectivity index (χ1n) is 10.2. The molecule has 3 aromatic rings. The zero-order valence-electron chi connectivity index (χ0n) is 17.8. The number of aromatic nitrogens is 1. The molecule has 0 spiro atoms. The van der Waals surface area contributed by atoms with E-state index in [1.54, 1.807) is 47.4 Å². The molecule has 1 aromatic heterocycles. The van der Waals surface area contributed by atoms with Crippen LogP contribution in [0, 0.1) is 0 Å². The van der Waals surface area contributed by atoms with Gasteiger partial charge in [-0.3, -0.25) is 19.0 Å². The highest BCUT2D eigenvalue weighted by Gasteiger charge is 2.33. The molecule has 1 heterocycles. The highest BCUT2D eigenvalue weighted by Crippen LogP contribution is 2.18. The molecule has 0 aliphatic rings. The fraction of sp³-hybridized carbons (Fsp3) is 0.240. The Balaban J connectivity index is 2.01. The van der Waals surface area contributed by atoms with Gasteiger partial charge in [-0.1, -0.05) is 66.7 Å². The van der Waals surface area contributed by atoms with Crippen LogP contribution in [0.2, 0.25) is 0 Å². The summed E-state index contributed by atoms with van der Waals surface area (Å²) in [5.41, 5.74) is 0.960. The van der Waals surface area contributed by atoms with Gasteiger partial charge in [0, 0.05) is 37.5 Å². The highest BCUT2D eigenvalue weighted by atomic mass is 16.2. The molecule has 0 saturated heterocycles. The van der Waals surface area contributed by atoms with Gasteiger partial charge in [0.25, 0.3) is 11.5 Å². The van der Waals surface area contributed by atoms with Crippen molar-refractivity contribution in [2.24, 2.45) is 0 Å². The minimum atomic E-state index is -1.26. The van der Waals surface area contributed by atoms with Crippen LogP contribution < -0.4 is 5.56 Å². The van der Waals surface area contributed by atoms with Crippen molar-refractivity contribution < 1.29 is 9.59 Å². The van der Waals surface area contributed by atoms with E-state index in [-0.39, 0.29) is 0 Å². The van der Waals surface area contributed by atoms with E-state index >= 15 is 0 Å². The molecule has 6 nitrogen and oxygen atoms in total. The van der Waals surface area contributed by atoms with E-state index in [0.717, 1.165) is 5.56 Å². The number of likely N-dealkylation sites (N-methyl/N-ethyl adjacent to an activating group) is 1. The van der Waals surface area contributed by atoms with E-state index in [1.165, 1.54) is 16.8 Å². The number of hydrogen-bond donors (Lipinski definition) is 0. The number of amides is 1. The van der Waals surface area contributed by atoms with Gasteiger partial charge < -0.3 is 9.80 Å². The molecule has 160 valence electrons. The fourth-order valence-corrected chi connectivity index (χ4v) is 3.34. The third-order valence-corrected chi connectivity index (χ3v) is 5.01. The molecule has 0 aliphatic carbocycles. The summed E-state index contributed by atoms with van der Waals surface area (Å²) in [4.78, 5) is 43.4. The lowest BCUT2D eigenvalue weighted by molar-refractivity contribution is -0.134. The first-order valence-corrected chi connectivity index (χ1v) is 10.2. The molecule has 0 unspecified atom stereocenters. The summed E-state index contributed by atoms with van der Waals surface area (Å²) in [6.45, 7) is 1.42. The van der Waals surface area contributed by atoms with Gasteiger partial charge in [0.1, 0.15) is 0 Å². The van der Waals surface area contributed by atoms with Gasteiger partial charge in [-0.05, 0) is 25.7 Å². The third-order valence-electron chi connectivity index (χ3n) is 5.01. The topological polar surface area (TPSA) is 62.6 Å². The van der Waals surface area contributed by atoms with Gasteiger partial charge in [0.15, 0.2) is 11.8 Å². The Kier molecular flexibility index (Phi) is 7.51. The molecule has 0 bridgehead atoms. The number of nitrogens with zero attached hydrogens (tertiary/aromatic N) is 3. The second kappa shape index (κ2) is 10.5. The highest BCUT2D eigenvalue weighted by molar-refractivity contribution is 6.11. The van der Waals surface area contributed by atoms with Crippen LogP contribution in [0.25, 0.3) is 0 Å². The molecule has 31 heavy (non-hydrogen) atoms. The summed E-state index contributed by atoms with van der Waals surface area (Å²) in [5, 5.41) is 0. The lowest BCUT2D eigenvalue weighted by Gasteiger charge is -2.29. The Morgan fingerprint density at radius 2 is 1.45 bits per heavy atom. The van der Waals surface area contributed by atoms with Crippen molar-refractivity contribution in [3.05, 3.63) is 107 Å². The molecule has 2 aromatic carbocycles. The number of pyridine rings is 1. The van der Waals surface area contributed by atoms with Crippen molar-refractivity contribution in [1.82, 2.24) is 14.4 Å². The first-order chi connectivity index (χ1) is 15.0. The van der Waals surface area contributed by atoms with Gasteiger partial charge >= 0.3 is 0 Å². The number of carbonyl (C=O) groups excluding carboxylic acids is 2. The number of rotatable bonds is 9. The molecule has 3 rings (SSSR count). The second-order valence-electron chi connectivity index (χ2n) is 7.63. The molecule has 0 fully saturated rings. The van der Waals surface area contributed by atoms with Gasteiger partial charge in [0.05, 0.1) is 0 Å². The fourth-order valence-electron chi connectivity index (χ4n) is 3.34. The van der Waals surface area contributed by atoms with E-state index in [4.69, 9.17) is 0 Å². The zero-order chi connectivity index (χ0) is 22.2. The van der Waals surface area contributed by atoms with Crippen molar-refractivity contribution in [2.45, 2.75) is 12.6 Å². The van der Waals surface area contributed by atoms with E-state index < -0.39 is 23.3 Å². The summed E-state index contributed by atoms with van der Waals surface area (Å²) in [6.07, 6.45) is 1.50. The summed E-state index contributed by atoms with van der Waals surface area (Å²) in [6, 6.07) is 21.6. The standard InChI is InChI=1S/C25H27N3O3/c1-26(2)17-18-27(19-20-11-5-3-6-12-20)25(31)23(28-16-10-9-15-22(28)29)24(30)21-13-7-4-8-14-21/h3-16,23H,17-19H2,1-2H3/t23-/m1/s1. The van der Waals surface area contributed by atoms with Gasteiger partial charge in [-0.15, -0.1) is 0 Å². The average molecular weight is 418 g/mol. The Morgan fingerprint density at radius 3 is 2.06 bits per heavy atom. The van der Waals surface area contributed by atoms with Crippen LogP contribution in [-0.2, 0) is 11.3 Å². The van der Waals surface area contributed by atoms with Crippen LogP contribution in [0.15, 0.2) is 89.9 Å². The number of hydrogen-bond acceptors (Lipinski definition) is 4. The monoisotopic (exact) mass is 417 g/mol. The van der Waals surface area contributed by atoms with Gasteiger partial charge in [-0.25, -0.2) is 0 Å². The molecular formula is C25H27N3O3. The molecule has 0 radical (unpaired) electrons. The molecule has 0 aliphatic heterocycles. The predicted octanol–water partition coefficient (Wildman–Crippen LogP) is 2.86. The van der Waals surface area contributed by atoms with Crippen molar-refractivity contribution in [1.29, 1.82) is 0 Å². The van der Waals surface area contributed by atoms with Gasteiger partial charge in [-0.2, -0.15) is 0 Å². The molecule has 0 saturated carbocycles. The molecule has 1 amide bonds. The molecule has 6 heteroatoms. The maximum atomic E-state index is 13.8. The summed E-state index contributed by atoms with van der Waals surface area (Å²) in [7, 11) is 3.86. The summed E-state index contributed by atoms with van der Waals surface area (Å²) in [5.74, 6) is -0.797. The predicted molar refractivity (Wildman–Crippen MR) is 121 cm³/mol. The van der Waals surface area contributed by atoms with Crippen molar-refractivity contribution in [3.8, 4) is 0 Å². The van der Waals surface area contributed by atoms with Crippen molar-refractivity contribution >= 4 is 11.7 Å². The maximum Gasteiger partial charge on any atom is 0.254 e. The van der Waals surface area contributed by atoms with Gasteiger partial charge in [0.2, 0.25) is 0 Å². The molecular weight excluding hydrogens is 390 g/mol. The van der Waals surface area contributed by atoms with Crippen LogP contribution in [-0.4, -0.2) is 53.2 Å². The minimum Gasteiger partial charge on any atom is -0.335 e. The van der Waals surface area contributed by atoms with E-state index in [2.05, 4.69) is 0 Å². The van der Waals surface area contributed by atoms with Crippen LogP contribution in [0.5, 0.6) is 0 Å². The smallest absolute Gasteiger partial charge is 0.254 e. The Labute approximate surface area is 182 Å². The van der Waals surface area contributed by atoms with Crippen LogP contribution >= 0.6 is 0 Å². The number of ketones is 1. The lowest BCUT2D eigenvalue weighted by Crippen LogP contribution is -2.45. The van der Waals surface area contributed by atoms with Crippen molar-refractivity contribution in [3.63, 3.8) is 0 Å². The summed E-state index contributed by atoms with van der Waals surface area (Å²) >= 11 is 0. The van der Waals surface area contributed by atoms with Crippen LogP contribution in [0.1, 0.15) is 22.0 Å². The molecule has 1 atom stereocenters. The third kappa shape index (κ3) is 5.77. The minimum absolute atomic E-state index is 0.355. The normalized spacial score (nSPS) is 11.8. The summed E-state index contributed by atoms with van der Waals surface area (Å²) < 4.78 is 1.23. The first kappa shape index (κ1) is 22.2. The average Bonchev–Trinajstić information content (AvgIpc) is 2.79. The Bertz CT molecular complexity index is 1060. The number of carbonyl (C=O) groups is 2. The largest absolute Gasteiger partial charge is 0.335 e. The van der Waals surface area contributed by atoms with E-state index in [1.807, 2.05) is 49.3 Å². The van der Waals surface area contributed by atoms with Crippen LogP contribution in [0.4, 0.5) is 0 Å². The Morgan fingerprint density at radius 1 is 0.839 bits per heavy atom. The zero-order valence-corrected chi connectivity index (χ0v) is 17.8. The van der Waals surface area contributed by atoms with E-state index in [0.29, 0.717) is 25.2 Å². The Hall–Kier alpha value is -3.51.